The summed E-state index contributed by atoms with van der Waals surface area (Å²) in [6.45, 7) is 12.9. The standard InChI is InChI=1S/C28H34N6O2/c1-18-9-11-19(12-10-18)21-16-20(27(2,3)4)24-30-22(17-34(24)31-21)25(35)33-15-14-32(23-8-7-13-29-23)26(36)28(33,5)6/h8-11,13,16-17,19H,7,12,14-15H2,1-6H3. The van der Waals surface area contributed by atoms with Crippen molar-refractivity contribution in [3.63, 3.8) is 0 Å². The molecule has 1 aliphatic carbocycles. The molecule has 0 N–H and O–H groups in total. The zero-order chi connectivity index (χ0) is 25.8. The van der Waals surface area contributed by atoms with E-state index in [9.17, 15) is 9.59 Å². The summed E-state index contributed by atoms with van der Waals surface area (Å²) in [5, 5.41) is 4.87. The molecule has 1 fully saturated rings. The van der Waals surface area contributed by atoms with Gasteiger partial charge in [-0.15, -0.1) is 0 Å². The molecule has 2 aromatic rings. The summed E-state index contributed by atoms with van der Waals surface area (Å²) in [7, 11) is 0. The maximum Gasteiger partial charge on any atom is 0.275 e. The van der Waals surface area contributed by atoms with E-state index < -0.39 is 5.54 Å². The van der Waals surface area contributed by atoms with Crippen molar-refractivity contribution in [2.45, 2.75) is 71.3 Å². The highest BCUT2D eigenvalue weighted by Gasteiger charge is 2.46. The third kappa shape index (κ3) is 4.08. The van der Waals surface area contributed by atoms with Gasteiger partial charge in [0, 0.05) is 37.2 Å². The molecule has 188 valence electrons. The van der Waals surface area contributed by atoms with E-state index in [0.29, 0.717) is 30.3 Å². The van der Waals surface area contributed by atoms with Crippen LogP contribution in [-0.4, -0.2) is 61.1 Å². The average molecular weight is 487 g/mol. The molecule has 0 saturated carbocycles. The lowest BCUT2D eigenvalue weighted by Gasteiger charge is -2.45. The van der Waals surface area contributed by atoms with E-state index in [1.807, 2.05) is 6.08 Å². The Balaban J connectivity index is 1.50. The smallest absolute Gasteiger partial charge is 0.275 e. The molecule has 1 saturated heterocycles. The minimum Gasteiger partial charge on any atom is -0.321 e. The zero-order valence-corrected chi connectivity index (χ0v) is 21.9. The molecule has 2 aliphatic heterocycles. The van der Waals surface area contributed by atoms with Crippen LogP contribution in [0.3, 0.4) is 0 Å². The highest BCUT2D eigenvalue weighted by atomic mass is 16.2. The van der Waals surface area contributed by atoms with Crippen molar-refractivity contribution in [1.82, 2.24) is 24.4 Å². The summed E-state index contributed by atoms with van der Waals surface area (Å²) >= 11 is 0. The van der Waals surface area contributed by atoms with Crippen LogP contribution in [0, 0.1) is 0 Å². The lowest BCUT2D eigenvalue weighted by atomic mass is 9.85. The number of imidazole rings is 1. The molecule has 0 bridgehead atoms. The number of aliphatic imine (C=N–C) groups is 1. The molecule has 5 rings (SSSR count). The lowest BCUT2D eigenvalue weighted by molar-refractivity contribution is -0.143. The predicted octanol–water partition coefficient (Wildman–Crippen LogP) is 4.40. The Hall–Kier alpha value is -3.55. The second kappa shape index (κ2) is 8.54. The largest absolute Gasteiger partial charge is 0.321 e. The fourth-order valence-electron chi connectivity index (χ4n) is 5.06. The van der Waals surface area contributed by atoms with Gasteiger partial charge in [0.2, 0.25) is 0 Å². The fraction of sp³-hybridized carbons (Fsp3) is 0.464. The Labute approximate surface area is 212 Å². The number of carbonyl (C=O) groups excluding carboxylic acids is 2. The molecule has 0 radical (unpaired) electrons. The Morgan fingerprint density at radius 2 is 1.94 bits per heavy atom. The Kier molecular flexibility index (Phi) is 5.73. The van der Waals surface area contributed by atoms with Gasteiger partial charge in [-0.2, -0.15) is 5.10 Å². The maximum absolute atomic E-state index is 13.7. The molecular weight excluding hydrogens is 452 g/mol. The SMILES string of the molecule is CC1=CCC(c2cc(C(C)(C)C)c3nc(C(=O)N4CCN(C5=CCC=N5)C(=O)C4(C)C)cn3n2)C=C1. The van der Waals surface area contributed by atoms with Gasteiger partial charge in [0.05, 0.1) is 11.9 Å². The quantitative estimate of drug-likeness (QED) is 0.644. The van der Waals surface area contributed by atoms with Crippen LogP contribution in [0.1, 0.15) is 82.0 Å². The van der Waals surface area contributed by atoms with Gasteiger partial charge in [0.25, 0.3) is 11.8 Å². The van der Waals surface area contributed by atoms with Crippen molar-refractivity contribution in [3.8, 4) is 0 Å². The van der Waals surface area contributed by atoms with Crippen molar-refractivity contribution in [2.75, 3.05) is 13.1 Å². The second-order valence-electron chi connectivity index (χ2n) is 11.4. The van der Waals surface area contributed by atoms with Crippen molar-refractivity contribution in [3.05, 3.63) is 64.9 Å². The Morgan fingerprint density at radius 3 is 2.58 bits per heavy atom. The highest BCUT2D eigenvalue weighted by molar-refractivity contribution is 5.99. The van der Waals surface area contributed by atoms with Crippen molar-refractivity contribution in [1.29, 1.82) is 0 Å². The lowest BCUT2D eigenvalue weighted by Crippen LogP contribution is -2.64. The van der Waals surface area contributed by atoms with Gasteiger partial charge in [0.1, 0.15) is 17.1 Å². The van der Waals surface area contributed by atoms with E-state index in [2.05, 4.69) is 57.0 Å². The van der Waals surface area contributed by atoms with E-state index in [0.717, 1.165) is 24.1 Å². The zero-order valence-electron chi connectivity index (χ0n) is 21.9. The number of aromatic nitrogens is 3. The van der Waals surface area contributed by atoms with E-state index in [1.54, 1.807) is 40.6 Å². The molecule has 2 amide bonds. The number of nitrogens with zero attached hydrogens (tertiary/aromatic N) is 6. The topological polar surface area (TPSA) is 83.2 Å². The number of fused-ring (bicyclic) bond motifs is 1. The van der Waals surface area contributed by atoms with E-state index in [-0.39, 0.29) is 23.1 Å². The van der Waals surface area contributed by atoms with Gasteiger partial charge in [-0.3, -0.25) is 14.5 Å². The summed E-state index contributed by atoms with van der Waals surface area (Å²) < 4.78 is 1.74. The first kappa shape index (κ1) is 24.2. The summed E-state index contributed by atoms with van der Waals surface area (Å²) in [4.78, 5) is 39.5. The molecule has 3 aliphatic rings. The number of carbonyl (C=O) groups is 2. The molecule has 4 heterocycles. The fourth-order valence-corrected chi connectivity index (χ4v) is 5.06. The number of piperazine rings is 1. The summed E-state index contributed by atoms with van der Waals surface area (Å²) in [5.74, 6) is 0.443. The van der Waals surface area contributed by atoms with Gasteiger partial charge in [-0.25, -0.2) is 14.5 Å². The van der Waals surface area contributed by atoms with Crippen LogP contribution in [0.15, 0.2) is 53.0 Å². The number of amides is 2. The minimum absolute atomic E-state index is 0.139. The minimum atomic E-state index is -1.02. The van der Waals surface area contributed by atoms with Crippen LogP contribution in [0.2, 0.25) is 0 Å². The van der Waals surface area contributed by atoms with Gasteiger partial charge in [0.15, 0.2) is 5.65 Å². The van der Waals surface area contributed by atoms with Gasteiger partial charge >= 0.3 is 0 Å². The normalized spacial score (nSPS) is 21.8. The first-order chi connectivity index (χ1) is 17.0. The van der Waals surface area contributed by atoms with Crippen LogP contribution < -0.4 is 0 Å². The molecule has 2 aromatic heterocycles. The molecule has 1 unspecified atom stereocenters. The van der Waals surface area contributed by atoms with Gasteiger partial charge < -0.3 is 4.90 Å². The number of hydrogen-bond acceptors (Lipinski definition) is 5. The first-order valence-corrected chi connectivity index (χ1v) is 12.6. The van der Waals surface area contributed by atoms with Crippen molar-refractivity contribution < 1.29 is 9.59 Å². The third-order valence-corrected chi connectivity index (χ3v) is 7.28. The molecule has 0 spiro atoms. The Bertz CT molecular complexity index is 1370. The molecule has 1 atom stereocenters. The van der Waals surface area contributed by atoms with E-state index in [1.165, 1.54) is 5.57 Å². The highest BCUT2D eigenvalue weighted by Crippen LogP contribution is 2.33. The van der Waals surface area contributed by atoms with Gasteiger partial charge in [-0.05, 0) is 44.7 Å². The van der Waals surface area contributed by atoms with E-state index >= 15 is 0 Å². The summed E-state index contributed by atoms with van der Waals surface area (Å²) in [6.07, 6.45) is 13.6. The van der Waals surface area contributed by atoms with Crippen molar-refractivity contribution >= 4 is 23.7 Å². The van der Waals surface area contributed by atoms with Crippen LogP contribution in [0.4, 0.5) is 0 Å². The second-order valence-corrected chi connectivity index (χ2v) is 11.4. The average Bonchev–Trinajstić information content (AvgIpc) is 3.49. The summed E-state index contributed by atoms with van der Waals surface area (Å²) in [5.41, 5.74) is 3.02. The third-order valence-electron chi connectivity index (χ3n) is 7.28. The predicted molar refractivity (Wildman–Crippen MR) is 140 cm³/mol. The van der Waals surface area contributed by atoms with Crippen LogP contribution in [0.25, 0.3) is 5.65 Å². The molecule has 0 aromatic carbocycles. The van der Waals surface area contributed by atoms with E-state index in [4.69, 9.17) is 10.1 Å². The molecule has 8 nitrogen and oxygen atoms in total. The Morgan fingerprint density at radius 1 is 1.17 bits per heavy atom. The number of rotatable bonds is 3. The van der Waals surface area contributed by atoms with Crippen LogP contribution in [0.5, 0.6) is 0 Å². The van der Waals surface area contributed by atoms with Crippen LogP contribution in [-0.2, 0) is 10.2 Å². The van der Waals surface area contributed by atoms with Crippen LogP contribution >= 0.6 is 0 Å². The number of allylic oxidation sites excluding steroid dienone is 5. The molecule has 36 heavy (non-hydrogen) atoms. The molecular formula is C28H34N6O2. The monoisotopic (exact) mass is 486 g/mol. The molecule has 8 heteroatoms. The first-order valence-electron chi connectivity index (χ1n) is 12.6. The van der Waals surface area contributed by atoms with Crippen molar-refractivity contribution in [2.24, 2.45) is 4.99 Å². The summed E-state index contributed by atoms with van der Waals surface area (Å²) in [6, 6.07) is 2.13. The maximum atomic E-state index is 13.7. The van der Waals surface area contributed by atoms with Gasteiger partial charge in [-0.1, -0.05) is 44.6 Å². The number of hydrogen-bond donors (Lipinski definition) is 0.